The summed E-state index contributed by atoms with van der Waals surface area (Å²) >= 11 is 6.00. The van der Waals surface area contributed by atoms with Gasteiger partial charge in [0, 0.05) is 22.7 Å². The van der Waals surface area contributed by atoms with Gasteiger partial charge < -0.3 is 14.8 Å². The average Bonchev–Trinajstić information content (AvgIpc) is 2.63. The molecule has 0 spiro atoms. The van der Waals surface area contributed by atoms with E-state index in [0.29, 0.717) is 40.9 Å². The van der Waals surface area contributed by atoms with Crippen LogP contribution >= 0.6 is 11.6 Å². The van der Waals surface area contributed by atoms with E-state index in [-0.39, 0.29) is 18.2 Å². The summed E-state index contributed by atoms with van der Waals surface area (Å²) in [6, 6.07) is 10.4. The van der Waals surface area contributed by atoms with Gasteiger partial charge >= 0.3 is 0 Å². The molecule has 0 aliphatic heterocycles. The minimum atomic E-state index is -0.205. The fraction of sp³-hybridized carbons (Fsp3) is 0.333. The van der Waals surface area contributed by atoms with E-state index in [1.165, 1.54) is 14.0 Å². The molecule has 28 heavy (non-hydrogen) atoms. The molecule has 1 amide bonds. The van der Waals surface area contributed by atoms with Crippen molar-refractivity contribution in [2.75, 3.05) is 32.6 Å². The van der Waals surface area contributed by atoms with Crippen LogP contribution in [0.5, 0.6) is 11.5 Å². The highest BCUT2D eigenvalue weighted by Crippen LogP contribution is 2.27. The topological polar surface area (TPSA) is 67.9 Å². The van der Waals surface area contributed by atoms with E-state index in [1.807, 2.05) is 24.9 Å². The Morgan fingerprint density at radius 2 is 1.86 bits per heavy atom. The molecule has 0 aliphatic carbocycles. The van der Waals surface area contributed by atoms with E-state index in [0.717, 1.165) is 5.56 Å². The lowest BCUT2D eigenvalue weighted by Crippen LogP contribution is -2.30. The lowest BCUT2D eigenvalue weighted by molar-refractivity contribution is -0.117. The Morgan fingerprint density at radius 3 is 2.50 bits per heavy atom. The van der Waals surface area contributed by atoms with Gasteiger partial charge in [-0.25, -0.2) is 0 Å². The number of ketones is 1. The molecule has 0 saturated carbocycles. The molecular formula is C21H25ClN2O4. The molecule has 2 rings (SSSR count). The molecule has 150 valence electrons. The van der Waals surface area contributed by atoms with Gasteiger partial charge in [-0.1, -0.05) is 11.6 Å². The van der Waals surface area contributed by atoms with Gasteiger partial charge in [0.15, 0.2) is 5.78 Å². The predicted molar refractivity (Wildman–Crippen MR) is 111 cm³/mol. The first-order valence-electron chi connectivity index (χ1n) is 8.92. The minimum Gasteiger partial charge on any atom is -0.495 e. The highest BCUT2D eigenvalue weighted by Gasteiger charge is 2.14. The largest absolute Gasteiger partial charge is 0.495 e. The van der Waals surface area contributed by atoms with E-state index in [2.05, 4.69) is 5.32 Å². The first kappa shape index (κ1) is 21.7. The SMILES string of the molecule is CCOc1ccc(C(C)=O)cc1CN(C)CC(=O)Nc1cc(Cl)ccc1OC. The summed E-state index contributed by atoms with van der Waals surface area (Å²) in [5.74, 6) is 1.02. The third kappa shape index (κ3) is 5.97. The number of ether oxygens (including phenoxy) is 2. The smallest absolute Gasteiger partial charge is 0.238 e. The average molecular weight is 405 g/mol. The normalized spacial score (nSPS) is 10.6. The van der Waals surface area contributed by atoms with Crippen molar-refractivity contribution in [2.24, 2.45) is 0 Å². The van der Waals surface area contributed by atoms with Crippen molar-refractivity contribution in [1.82, 2.24) is 4.90 Å². The molecule has 0 atom stereocenters. The maximum atomic E-state index is 12.4. The van der Waals surface area contributed by atoms with Crippen LogP contribution in [-0.2, 0) is 11.3 Å². The molecule has 2 aromatic rings. The second-order valence-electron chi connectivity index (χ2n) is 6.38. The van der Waals surface area contributed by atoms with Gasteiger partial charge in [-0.05, 0) is 57.3 Å². The Morgan fingerprint density at radius 1 is 1.14 bits per heavy atom. The Kier molecular flexibility index (Phi) is 7.84. The summed E-state index contributed by atoms with van der Waals surface area (Å²) < 4.78 is 10.9. The molecule has 0 fully saturated rings. The van der Waals surface area contributed by atoms with Crippen molar-refractivity contribution in [2.45, 2.75) is 20.4 Å². The number of hydrogen-bond acceptors (Lipinski definition) is 5. The first-order chi connectivity index (χ1) is 13.3. The van der Waals surface area contributed by atoms with E-state index < -0.39 is 0 Å². The van der Waals surface area contributed by atoms with Crippen LogP contribution in [0.15, 0.2) is 36.4 Å². The van der Waals surface area contributed by atoms with Crippen LogP contribution in [0.25, 0.3) is 0 Å². The van der Waals surface area contributed by atoms with Crippen LogP contribution in [0.4, 0.5) is 5.69 Å². The summed E-state index contributed by atoms with van der Waals surface area (Å²) in [7, 11) is 3.35. The Bertz CT molecular complexity index is 854. The number of carbonyl (C=O) groups excluding carboxylic acids is 2. The highest BCUT2D eigenvalue weighted by molar-refractivity contribution is 6.31. The van der Waals surface area contributed by atoms with Gasteiger partial charge in [-0.15, -0.1) is 0 Å². The molecule has 0 bridgehead atoms. The molecule has 0 aromatic heterocycles. The molecule has 0 radical (unpaired) electrons. The third-order valence-electron chi connectivity index (χ3n) is 4.06. The van der Waals surface area contributed by atoms with Crippen LogP contribution in [0.2, 0.25) is 5.02 Å². The Labute approximate surface area is 170 Å². The number of halogens is 1. The third-order valence-corrected chi connectivity index (χ3v) is 4.29. The van der Waals surface area contributed by atoms with Crippen LogP contribution in [0, 0.1) is 0 Å². The van der Waals surface area contributed by atoms with Gasteiger partial charge in [-0.2, -0.15) is 0 Å². The second-order valence-corrected chi connectivity index (χ2v) is 6.81. The summed E-state index contributed by atoms with van der Waals surface area (Å²) in [4.78, 5) is 26.0. The number of methoxy groups -OCH3 is 1. The zero-order valence-corrected chi connectivity index (χ0v) is 17.3. The zero-order chi connectivity index (χ0) is 20.7. The molecule has 1 N–H and O–H groups in total. The predicted octanol–water partition coefficient (Wildman–Crippen LogP) is 4.02. The number of benzene rings is 2. The molecule has 0 heterocycles. The maximum Gasteiger partial charge on any atom is 0.238 e. The fourth-order valence-corrected chi connectivity index (χ4v) is 2.95. The summed E-state index contributed by atoms with van der Waals surface area (Å²) in [5.41, 5.74) is 1.98. The van der Waals surface area contributed by atoms with Gasteiger partial charge in [0.05, 0.1) is 25.9 Å². The molecule has 0 saturated heterocycles. The molecule has 0 unspecified atom stereocenters. The summed E-state index contributed by atoms with van der Waals surface area (Å²) in [6.45, 7) is 4.54. The second kappa shape index (κ2) is 10.1. The summed E-state index contributed by atoms with van der Waals surface area (Å²) in [5, 5.41) is 3.32. The monoisotopic (exact) mass is 404 g/mol. The number of amides is 1. The fourth-order valence-electron chi connectivity index (χ4n) is 2.78. The molecule has 2 aromatic carbocycles. The van der Waals surface area contributed by atoms with Gasteiger partial charge in [-0.3, -0.25) is 14.5 Å². The molecule has 0 aliphatic rings. The van der Waals surface area contributed by atoms with E-state index in [4.69, 9.17) is 21.1 Å². The van der Waals surface area contributed by atoms with Crippen molar-refractivity contribution in [3.63, 3.8) is 0 Å². The number of hydrogen-bond donors (Lipinski definition) is 1. The van der Waals surface area contributed by atoms with Crippen molar-refractivity contribution < 1.29 is 19.1 Å². The van der Waals surface area contributed by atoms with Crippen molar-refractivity contribution in [3.05, 3.63) is 52.5 Å². The zero-order valence-electron chi connectivity index (χ0n) is 16.5. The quantitative estimate of drug-likeness (QED) is 0.639. The Hall–Kier alpha value is -2.57. The van der Waals surface area contributed by atoms with Crippen LogP contribution < -0.4 is 14.8 Å². The van der Waals surface area contributed by atoms with E-state index >= 15 is 0 Å². The number of rotatable bonds is 9. The Balaban J connectivity index is 2.08. The number of anilines is 1. The van der Waals surface area contributed by atoms with Crippen molar-refractivity contribution in [1.29, 1.82) is 0 Å². The lowest BCUT2D eigenvalue weighted by Gasteiger charge is -2.19. The number of Topliss-reactive ketones (excluding diaryl/α,β-unsaturated/α-hetero) is 1. The number of carbonyl (C=O) groups is 2. The van der Waals surface area contributed by atoms with E-state index in [1.54, 1.807) is 30.3 Å². The molecular weight excluding hydrogens is 380 g/mol. The van der Waals surface area contributed by atoms with Crippen molar-refractivity contribution in [3.8, 4) is 11.5 Å². The van der Waals surface area contributed by atoms with Crippen molar-refractivity contribution >= 4 is 29.0 Å². The lowest BCUT2D eigenvalue weighted by atomic mass is 10.1. The molecule has 6 nitrogen and oxygen atoms in total. The minimum absolute atomic E-state index is 0.0160. The van der Waals surface area contributed by atoms with E-state index in [9.17, 15) is 9.59 Å². The highest BCUT2D eigenvalue weighted by atomic mass is 35.5. The summed E-state index contributed by atoms with van der Waals surface area (Å²) in [6.07, 6.45) is 0. The molecule has 7 heteroatoms. The van der Waals surface area contributed by atoms with Gasteiger partial charge in [0.1, 0.15) is 11.5 Å². The maximum absolute atomic E-state index is 12.4. The number of likely N-dealkylation sites (N-methyl/N-ethyl adjacent to an activating group) is 1. The number of nitrogens with zero attached hydrogens (tertiary/aromatic N) is 1. The standard InChI is InChI=1S/C21H25ClN2O4/c1-5-28-19-8-6-15(14(2)25)10-16(19)12-24(3)13-21(26)23-18-11-17(22)7-9-20(18)27-4/h6-11H,5,12-13H2,1-4H3,(H,23,26). The van der Waals surface area contributed by atoms with Crippen LogP contribution in [0.1, 0.15) is 29.8 Å². The number of nitrogens with one attached hydrogen (secondary N) is 1. The van der Waals surface area contributed by atoms with Gasteiger partial charge in [0.2, 0.25) is 5.91 Å². The first-order valence-corrected chi connectivity index (χ1v) is 9.30. The van der Waals surface area contributed by atoms with Gasteiger partial charge in [0.25, 0.3) is 0 Å². The van der Waals surface area contributed by atoms with Crippen LogP contribution in [-0.4, -0.2) is 43.9 Å². The van der Waals surface area contributed by atoms with Crippen LogP contribution in [0.3, 0.4) is 0 Å².